The van der Waals surface area contributed by atoms with Crippen molar-refractivity contribution in [3.05, 3.63) is 0 Å². The van der Waals surface area contributed by atoms with Crippen LogP contribution in [0.25, 0.3) is 0 Å². The van der Waals surface area contributed by atoms with Gasteiger partial charge in [0.15, 0.2) is 0 Å². The Labute approximate surface area is 63.9 Å². The predicted octanol–water partition coefficient (Wildman–Crippen LogP) is -1.02. The first-order valence-corrected chi connectivity index (χ1v) is 3.01. The van der Waals surface area contributed by atoms with Crippen molar-refractivity contribution in [2.75, 3.05) is 13.6 Å². The molecule has 6 heteroatoms. The van der Waals surface area contributed by atoms with Crippen LogP contribution >= 0.6 is 0 Å². The normalized spacial score (nSPS) is 8.91. The molecule has 0 saturated heterocycles. The summed E-state index contributed by atoms with van der Waals surface area (Å²) in [5.74, 6) is 4.39. The SMILES string of the molecule is CN(CCC(=O)NN)C(=O)O. The molecule has 0 fully saturated rings. The van der Waals surface area contributed by atoms with Gasteiger partial charge in [-0.25, -0.2) is 10.6 Å². The standard InChI is InChI=1S/C5H11N3O3/c1-8(5(10)11)3-2-4(9)7-6/h2-3,6H2,1H3,(H,7,9)(H,10,11). The predicted molar refractivity (Wildman–Crippen MR) is 37.6 cm³/mol. The number of nitrogens with two attached hydrogens (primary N) is 1. The topological polar surface area (TPSA) is 95.7 Å². The molecular weight excluding hydrogens is 150 g/mol. The van der Waals surface area contributed by atoms with E-state index in [1.807, 2.05) is 5.43 Å². The van der Waals surface area contributed by atoms with Gasteiger partial charge in [0.05, 0.1) is 0 Å². The molecule has 0 radical (unpaired) electrons. The summed E-state index contributed by atoms with van der Waals surface area (Å²) in [6.07, 6.45) is -0.978. The summed E-state index contributed by atoms with van der Waals surface area (Å²) in [4.78, 5) is 21.7. The van der Waals surface area contributed by atoms with E-state index < -0.39 is 6.09 Å². The Hall–Kier alpha value is -1.30. The highest BCUT2D eigenvalue weighted by Gasteiger charge is 2.06. The van der Waals surface area contributed by atoms with E-state index in [2.05, 4.69) is 0 Å². The number of nitrogens with one attached hydrogen (secondary N) is 1. The maximum Gasteiger partial charge on any atom is 0.407 e. The Bertz CT molecular complexity index is 159. The Balaban J connectivity index is 3.54. The van der Waals surface area contributed by atoms with Crippen LogP contribution in [0.2, 0.25) is 0 Å². The van der Waals surface area contributed by atoms with Gasteiger partial charge in [0.25, 0.3) is 0 Å². The molecule has 0 bridgehead atoms. The van der Waals surface area contributed by atoms with Crippen LogP contribution in [-0.2, 0) is 4.79 Å². The van der Waals surface area contributed by atoms with Crippen molar-refractivity contribution in [2.45, 2.75) is 6.42 Å². The Morgan fingerprint density at radius 1 is 1.64 bits per heavy atom. The zero-order valence-corrected chi connectivity index (χ0v) is 6.20. The van der Waals surface area contributed by atoms with Gasteiger partial charge in [-0.2, -0.15) is 0 Å². The number of carbonyl (C=O) groups excluding carboxylic acids is 1. The molecule has 4 N–H and O–H groups in total. The second-order valence-corrected chi connectivity index (χ2v) is 2.02. The van der Waals surface area contributed by atoms with Gasteiger partial charge in [-0.1, -0.05) is 0 Å². The van der Waals surface area contributed by atoms with E-state index in [0.717, 1.165) is 4.90 Å². The molecule has 0 heterocycles. The van der Waals surface area contributed by atoms with Gasteiger partial charge in [0, 0.05) is 20.0 Å². The summed E-state index contributed by atoms with van der Waals surface area (Å²) in [7, 11) is 1.38. The van der Waals surface area contributed by atoms with Crippen LogP contribution < -0.4 is 11.3 Å². The molecule has 0 aromatic carbocycles. The third-order valence-electron chi connectivity index (χ3n) is 1.16. The smallest absolute Gasteiger partial charge is 0.407 e. The number of hydrogen-bond donors (Lipinski definition) is 3. The van der Waals surface area contributed by atoms with Crippen LogP contribution in [0, 0.1) is 0 Å². The highest BCUT2D eigenvalue weighted by Crippen LogP contribution is 1.86. The highest BCUT2D eigenvalue weighted by molar-refractivity contribution is 5.76. The number of rotatable bonds is 3. The lowest BCUT2D eigenvalue weighted by atomic mass is 10.4. The lowest BCUT2D eigenvalue weighted by Crippen LogP contribution is -2.34. The quantitative estimate of drug-likeness (QED) is 0.280. The summed E-state index contributed by atoms with van der Waals surface area (Å²) < 4.78 is 0. The second kappa shape index (κ2) is 4.51. The largest absolute Gasteiger partial charge is 0.465 e. The highest BCUT2D eigenvalue weighted by atomic mass is 16.4. The van der Waals surface area contributed by atoms with Crippen LogP contribution in [-0.4, -0.2) is 35.6 Å². The summed E-state index contributed by atoms with van der Waals surface area (Å²) in [6.45, 7) is 0.151. The van der Waals surface area contributed by atoms with Gasteiger partial charge >= 0.3 is 6.09 Å². The lowest BCUT2D eigenvalue weighted by Gasteiger charge is -2.10. The molecule has 64 valence electrons. The molecule has 0 aromatic heterocycles. The minimum atomic E-state index is -1.06. The fourth-order valence-electron chi connectivity index (χ4n) is 0.437. The van der Waals surface area contributed by atoms with Crippen LogP contribution in [0.15, 0.2) is 0 Å². The third kappa shape index (κ3) is 4.15. The molecule has 0 saturated carbocycles. The van der Waals surface area contributed by atoms with Gasteiger partial charge < -0.3 is 10.0 Å². The van der Waals surface area contributed by atoms with E-state index in [0.29, 0.717) is 0 Å². The molecule has 0 rings (SSSR count). The van der Waals surface area contributed by atoms with Gasteiger partial charge in [-0.15, -0.1) is 0 Å². The number of hydrazine groups is 1. The Morgan fingerprint density at radius 2 is 2.18 bits per heavy atom. The van der Waals surface area contributed by atoms with Crippen LogP contribution in [0.3, 0.4) is 0 Å². The van der Waals surface area contributed by atoms with E-state index in [9.17, 15) is 9.59 Å². The summed E-state index contributed by atoms with van der Waals surface area (Å²) in [5, 5.41) is 8.33. The number of nitrogens with zero attached hydrogens (tertiary/aromatic N) is 1. The summed E-state index contributed by atoms with van der Waals surface area (Å²) >= 11 is 0. The van der Waals surface area contributed by atoms with Crippen molar-refractivity contribution in [2.24, 2.45) is 5.84 Å². The van der Waals surface area contributed by atoms with Crippen LogP contribution in [0.1, 0.15) is 6.42 Å². The molecule has 0 aliphatic heterocycles. The lowest BCUT2D eigenvalue weighted by molar-refractivity contribution is -0.121. The average Bonchev–Trinajstić information content (AvgIpc) is 1.99. The molecule has 0 aliphatic rings. The monoisotopic (exact) mass is 161 g/mol. The first-order chi connectivity index (χ1) is 5.07. The van der Waals surface area contributed by atoms with Crippen molar-refractivity contribution in [1.29, 1.82) is 0 Å². The molecule has 0 unspecified atom stereocenters. The summed E-state index contributed by atoms with van der Waals surface area (Å²) in [5.41, 5.74) is 1.90. The van der Waals surface area contributed by atoms with Crippen LogP contribution in [0.5, 0.6) is 0 Å². The first kappa shape index (κ1) is 9.70. The number of hydrogen-bond acceptors (Lipinski definition) is 3. The number of carboxylic acid groups (broad SMARTS) is 1. The molecule has 0 atom stereocenters. The minimum Gasteiger partial charge on any atom is -0.465 e. The van der Waals surface area contributed by atoms with Gasteiger partial charge in [0.1, 0.15) is 0 Å². The molecule has 2 amide bonds. The summed E-state index contributed by atoms with van der Waals surface area (Å²) in [6, 6.07) is 0. The van der Waals surface area contributed by atoms with Crippen LogP contribution in [0.4, 0.5) is 4.79 Å². The minimum absolute atomic E-state index is 0.0826. The third-order valence-corrected chi connectivity index (χ3v) is 1.16. The van der Waals surface area contributed by atoms with E-state index in [4.69, 9.17) is 10.9 Å². The van der Waals surface area contributed by atoms with Crippen molar-refractivity contribution < 1.29 is 14.7 Å². The van der Waals surface area contributed by atoms with Gasteiger partial charge in [0.2, 0.25) is 5.91 Å². The molecule has 6 nitrogen and oxygen atoms in total. The second-order valence-electron chi connectivity index (χ2n) is 2.02. The van der Waals surface area contributed by atoms with Crippen molar-refractivity contribution in [3.8, 4) is 0 Å². The zero-order valence-electron chi connectivity index (χ0n) is 6.20. The van der Waals surface area contributed by atoms with Crippen molar-refractivity contribution >= 4 is 12.0 Å². The van der Waals surface area contributed by atoms with Gasteiger partial charge in [-0.3, -0.25) is 10.2 Å². The number of amides is 2. The maximum absolute atomic E-state index is 10.5. The molecule has 11 heavy (non-hydrogen) atoms. The molecular formula is C5H11N3O3. The molecule has 0 aliphatic carbocycles. The van der Waals surface area contributed by atoms with E-state index >= 15 is 0 Å². The average molecular weight is 161 g/mol. The molecule has 0 spiro atoms. The number of carbonyl (C=O) groups is 2. The van der Waals surface area contributed by atoms with Crippen molar-refractivity contribution in [1.82, 2.24) is 10.3 Å². The zero-order chi connectivity index (χ0) is 8.85. The van der Waals surface area contributed by atoms with E-state index in [-0.39, 0.29) is 18.9 Å². The van der Waals surface area contributed by atoms with Crippen molar-refractivity contribution in [3.63, 3.8) is 0 Å². The van der Waals surface area contributed by atoms with E-state index in [1.54, 1.807) is 0 Å². The Morgan fingerprint density at radius 3 is 2.55 bits per heavy atom. The van der Waals surface area contributed by atoms with E-state index in [1.165, 1.54) is 7.05 Å². The fraction of sp³-hybridized carbons (Fsp3) is 0.600. The molecule has 0 aromatic rings. The fourth-order valence-corrected chi connectivity index (χ4v) is 0.437. The van der Waals surface area contributed by atoms with Gasteiger partial charge in [-0.05, 0) is 0 Å². The maximum atomic E-state index is 10.5. The Kier molecular flexibility index (Phi) is 3.97. The first-order valence-electron chi connectivity index (χ1n) is 3.01.